The van der Waals surface area contributed by atoms with Crippen LogP contribution >= 0.6 is 0 Å². The van der Waals surface area contributed by atoms with Gasteiger partial charge < -0.3 is 14.2 Å². The molecule has 29 heavy (non-hydrogen) atoms. The first-order chi connectivity index (χ1) is 14.2. The normalized spacial score (nSPS) is 22.0. The van der Waals surface area contributed by atoms with E-state index in [2.05, 4.69) is 4.98 Å². The van der Waals surface area contributed by atoms with Gasteiger partial charge in [0.1, 0.15) is 11.1 Å². The summed E-state index contributed by atoms with van der Waals surface area (Å²) in [6, 6.07) is 15.1. The first-order valence-corrected chi connectivity index (χ1v) is 10.2. The molecule has 148 valence electrons. The number of aromatic nitrogens is 1. The third-order valence-corrected chi connectivity index (χ3v) is 6.15. The number of benzene rings is 1. The maximum Gasteiger partial charge on any atom is 0.290 e. The second-order valence-electron chi connectivity index (χ2n) is 7.89. The van der Waals surface area contributed by atoms with Crippen molar-refractivity contribution in [2.45, 2.75) is 37.8 Å². The zero-order valence-corrected chi connectivity index (χ0v) is 16.2. The van der Waals surface area contributed by atoms with Crippen LogP contribution in [-0.4, -0.2) is 45.2 Å². The van der Waals surface area contributed by atoms with Crippen LogP contribution in [0.4, 0.5) is 0 Å². The number of hydrogen-bond donors (Lipinski definition) is 0. The smallest absolute Gasteiger partial charge is 0.290 e. The van der Waals surface area contributed by atoms with E-state index in [1.165, 1.54) is 0 Å². The summed E-state index contributed by atoms with van der Waals surface area (Å²) in [6.45, 7) is 1.76. The Morgan fingerprint density at radius 2 is 1.86 bits per heavy atom. The van der Waals surface area contributed by atoms with Crippen molar-refractivity contribution in [2.24, 2.45) is 0 Å². The molecule has 1 unspecified atom stereocenters. The average molecular weight is 389 g/mol. The molecule has 6 heteroatoms. The Labute approximate surface area is 169 Å². The highest BCUT2D eigenvalue weighted by Crippen LogP contribution is 2.40. The van der Waals surface area contributed by atoms with E-state index in [1.807, 2.05) is 47.4 Å². The second kappa shape index (κ2) is 7.03. The molecule has 2 aliphatic rings. The minimum Gasteiger partial charge on any atom is -0.451 e. The fourth-order valence-corrected chi connectivity index (χ4v) is 4.78. The lowest BCUT2D eigenvalue weighted by molar-refractivity contribution is -0.146. The molecule has 1 aromatic carbocycles. The lowest BCUT2D eigenvalue weighted by Crippen LogP contribution is -2.61. The number of nitrogens with zero attached hydrogens (tertiary/aromatic N) is 3. The predicted molar refractivity (Wildman–Crippen MR) is 108 cm³/mol. The topological polar surface area (TPSA) is 66.7 Å². The van der Waals surface area contributed by atoms with Gasteiger partial charge in [-0.1, -0.05) is 24.3 Å². The van der Waals surface area contributed by atoms with Crippen LogP contribution in [0.25, 0.3) is 11.0 Å². The SMILES string of the molecule is O=C(c1cc2ccccc2o1)N1CCCC12CCCN(Cc1ccccn1)C2=O. The van der Waals surface area contributed by atoms with E-state index in [1.54, 1.807) is 17.2 Å². The molecule has 1 spiro atoms. The van der Waals surface area contributed by atoms with Crippen LogP contribution in [0.15, 0.2) is 59.1 Å². The van der Waals surface area contributed by atoms with Gasteiger partial charge in [-0.05, 0) is 49.9 Å². The fourth-order valence-electron chi connectivity index (χ4n) is 4.78. The third-order valence-electron chi connectivity index (χ3n) is 6.15. The minimum absolute atomic E-state index is 0.0383. The Kier molecular flexibility index (Phi) is 4.34. The largest absolute Gasteiger partial charge is 0.451 e. The zero-order valence-electron chi connectivity index (χ0n) is 16.2. The van der Waals surface area contributed by atoms with E-state index < -0.39 is 5.54 Å². The van der Waals surface area contributed by atoms with E-state index >= 15 is 0 Å². The van der Waals surface area contributed by atoms with Crippen molar-refractivity contribution >= 4 is 22.8 Å². The van der Waals surface area contributed by atoms with Gasteiger partial charge in [-0.2, -0.15) is 0 Å². The van der Waals surface area contributed by atoms with Gasteiger partial charge in [0.15, 0.2) is 5.76 Å². The van der Waals surface area contributed by atoms with Crippen molar-refractivity contribution in [3.63, 3.8) is 0 Å². The number of hydrogen-bond acceptors (Lipinski definition) is 4. The molecule has 0 bridgehead atoms. The Hall–Kier alpha value is -3.15. The number of furan rings is 1. The van der Waals surface area contributed by atoms with Crippen molar-refractivity contribution in [2.75, 3.05) is 13.1 Å². The molecule has 0 N–H and O–H groups in total. The van der Waals surface area contributed by atoms with Crippen LogP contribution in [-0.2, 0) is 11.3 Å². The number of fused-ring (bicyclic) bond motifs is 1. The quantitative estimate of drug-likeness (QED) is 0.686. The Morgan fingerprint density at radius 1 is 1.07 bits per heavy atom. The number of carbonyl (C=O) groups is 2. The molecule has 4 heterocycles. The number of para-hydroxylation sites is 1. The van der Waals surface area contributed by atoms with Crippen LogP contribution in [0.1, 0.15) is 41.9 Å². The predicted octanol–water partition coefficient (Wildman–Crippen LogP) is 3.63. The van der Waals surface area contributed by atoms with Gasteiger partial charge in [0.05, 0.1) is 12.2 Å². The lowest BCUT2D eigenvalue weighted by atomic mass is 9.85. The van der Waals surface area contributed by atoms with Crippen molar-refractivity contribution in [3.8, 4) is 0 Å². The summed E-state index contributed by atoms with van der Waals surface area (Å²) in [6.07, 6.45) is 4.86. The van der Waals surface area contributed by atoms with Crippen molar-refractivity contribution in [3.05, 3.63) is 66.2 Å². The maximum atomic E-state index is 13.5. The lowest BCUT2D eigenvalue weighted by Gasteiger charge is -2.44. The molecule has 5 rings (SSSR count). The van der Waals surface area contributed by atoms with Gasteiger partial charge in [0.2, 0.25) is 5.91 Å². The standard InChI is InChI=1S/C23H23N3O3/c27-21(20-15-17-7-1-2-9-19(17)29-20)26-14-6-11-23(26)10-5-13-25(22(23)28)16-18-8-3-4-12-24-18/h1-4,7-9,12,15H,5-6,10-11,13-14,16H2. The van der Waals surface area contributed by atoms with Crippen LogP contribution in [0.2, 0.25) is 0 Å². The molecule has 6 nitrogen and oxygen atoms in total. The second-order valence-corrected chi connectivity index (χ2v) is 7.89. The number of likely N-dealkylation sites (tertiary alicyclic amines) is 2. The summed E-state index contributed by atoms with van der Waals surface area (Å²) in [5, 5.41) is 0.899. The molecule has 0 radical (unpaired) electrons. The summed E-state index contributed by atoms with van der Waals surface area (Å²) < 4.78 is 5.81. The van der Waals surface area contributed by atoms with Crippen LogP contribution < -0.4 is 0 Å². The number of pyridine rings is 1. The molecule has 2 amide bonds. The zero-order chi connectivity index (χ0) is 19.8. The molecular formula is C23H23N3O3. The van der Waals surface area contributed by atoms with Gasteiger partial charge in [-0.25, -0.2) is 0 Å². The van der Waals surface area contributed by atoms with Gasteiger partial charge >= 0.3 is 0 Å². The average Bonchev–Trinajstić information content (AvgIpc) is 3.37. The molecule has 2 aromatic heterocycles. The molecular weight excluding hydrogens is 366 g/mol. The summed E-state index contributed by atoms with van der Waals surface area (Å²) in [5.74, 6) is 0.158. The first kappa shape index (κ1) is 17.9. The Morgan fingerprint density at radius 3 is 2.66 bits per heavy atom. The van der Waals surface area contributed by atoms with Crippen molar-refractivity contribution in [1.29, 1.82) is 0 Å². The number of amides is 2. The first-order valence-electron chi connectivity index (χ1n) is 10.2. The number of rotatable bonds is 3. The van der Waals surface area contributed by atoms with E-state index in [0.29, 0.717) is 43.8 Å². The molecule has 2 aliphatic heterocycles. The van der Waals surface area contributed by atoms with E-state index in [0.717, 1.165) is 23.9 Å². The molecule has 2 fully saturated rings. The van der Waals surface area contributed by atoms with Gasteiger partial charge in [-0.3, -0.25) is 14.6 Å². The fraction of sp³-hybridized carbons (Fsp3) is 0.348. The Balaban J connectivity index is 1.43. The van der Waals surface area contributed by atoms with E-state index in [-0.39, 0.29) is 11.8 Å². The van der Waals surface area contributed by atoms with E-state index in [9.17, 15) is 9.59 Å². The molecule has 2 saturated heterocycles. The monoisotopic (exact) mass is 389 g/mol. The molecule has 0 aliphatic carbocycles. The van der Waals surface area contributed by atoms with Gasteiger partial charge in [0.25, 0.3) is 5.91 Å². The molecule has 3 aromatic rings. The number of carbonyl (C=O) groups excluding carboxylic acids is 2. The summed E-state index contributed by atoms with van der Waals surface area (Å²) >= 11 is 0. The number of piperidine rings is 1. The maximum absolute atomic E-state index is 13.5. The summed E-state index contributed by atoms with van der Waals surface area (Å²) in [5.41, 5.74) is 0.796. The van der Waals surface area contributed by atoms with Crippen LogP contribution in [0.5, 0.6) is 0 Å². The third kappa shape index (κ3) is 2.99. The van der Waals surface area contributed by atoms with Crippen molar-refractivity contribution in [1.82, 2.24) is 14.8 Å². The van der Waals surface area contributed by atoms with Gasteiger partial charge in [0, 0.05) is 24.7 Å². The Bertz CT molecular complexity index is 1030. The highest BCUT2D eigenvalue weighted by atomic mass is 16.3. The summed E-state index contributed by atoms with van der Waals surface area (Å²) in [4.78, 5) is 34.9. The van der Waals surface area contributed by atoms with Gasteiger partial charge in [-0.15, -0.1) is 0 Å². The minimum atomic E-state index is -0.761. The van der Waals surface area contributed by atoms with Crippen LogP contribution in [0.3, 0.4) is 0 Å². The van der Waals surface area contributed by atoms with E-state index in [4.69, 9.17) is 4.42 Å². The molecule has 1 atom stereocenters. The highest BCUT2D eigenvalue weighted by Gasteiger charge is 2.53. The van der Waals surface area contributed by atoms with Crippen LogP contribution in [0, 0.1) is 0 Å². The van der Waals surface area contributed by atoms with Crippen molar-refractivity contribution < 1.29 is 14.0 Å². The molecule has 0 saturated carbocycles. The highest BCUT2D eigenvalue weighted by molar-refractivity contribution is 6.00. The summed E-state index contributed by atoms with van der Waals surface area (Å²) in [7, 11) is 0.